The predicted molar refractivity (Wildman–Crippen MR) is 59.7 cm³/mol. The zero-order valence-corrected chi connectivity index (χ0v) is 9.31. The molecule has 1 saturated heterocycles. The average molecular weight is 201 g/mol. The first-order valence-electron chi connectivity index (χ1n) is 4.89. The van der Waals surface area contributed by atoms with Gasteiger partial charge in [-0.1, -0.05) is 0 Å². The van der Waals surface area contributed by atoms with Crippen LogP contribution in [0.1, 0.15) is 20.3 Å². The Kier molecular flexibility index (Phi) is 3.93. The topological polar surface area (TPSA) is 32.5 Å². The Bertz CT molecular complexity index is 182. The van der Waals surface area contributed by atoms with E-state index in [0.29, 0.717) is 11.2 Å². The minimum atomic E-state index is 0.547. The highest BCUT2D eigenvalue weighted by molar-refractivity contribution is 7.80. The Morgan fingerprint density at radius 1 is 1.23 bits per heavy atom. The summed E-state index contributed by atoms with van der Waals surface area (Å²) in [5, 5.41) is 0.547. The van der Waals surface area contributed by atoms with Gasteiger partial charge in [0.2, 0.25) is 0 Å². The third-order valence-electron chi connectivity index (χ3n) is 2.57. The number of hydrogen-bond acceptors (Lipinski definition) is 2. The molecule has 0 aromatic carbocycles. The maximum Gasteiger partial charge on any atom is 0.166 e. The van der Waals surface area contributed by atoms with E-state index in [9.17, 15) is 0 Å². The van der Waals surface area contributed by atoms with Crippen LogP contribution in [-0.2, 0) is 0 Å². The van der Waals surface area contributed by atoms with E-state index >= 15 is 0 Å². The molecule has 1 rings (SSSR count). The first-order valence-corrected chi connectivity index (χ1v) is 5.30. The fraction of sp³-hybridized carbons (Fsp3) is 0.889. The standard InChI is InChI=1S/C9H19N3S/c1-8(2)11-4-3-5-12(7-6-11)9(10)13/h8H,3-7H2,1-2H3,(H2,10,13). The first-order chi connectivity index (χ1) is 6.11. The van der Waals surface area contributed by atoms with Crippen LogP contribution in [0.5, 0.6) is 0 Å². The zero-order chi connectivity index (χ0) is 9.84. The van der Waals surface area contributed by atoms with Crippen LogP contribution in [0.2, 0.25) is 0 Å². The Balaban J connectivity index is 2.44. The third kappa shape index (κ3) is 3.12. The van der Waals surface area contributed by atoms with Crippen molar-refractivity contribution in [1.82, 2.24) is 9.80 Å². The van der Waals surface area contributed by atoms with Gasteiger partial charge in [0.15, 0.2) is 5.11 Å². The van der Waals surface area contributed by atoms with E-state index in [1.165, 1.54) is 0 Å². The van der Waals surface area contributed by atoms with Gasteiger partial charge < -0.3 is 10.6 Å². The van der Waals surface area contributed by atoms with E-state index in [2.05, 4.69) is 23.6 Å². The lowest BCUT2D eigenvalue weighted by Gasteiger charge is -2.24. The van der Waals surface area contributed by atoms with Crippen molar-refractivity contribution < 1.29 is 0 Å². The molecule has 0 saturated carbocycles. The molecular formula is C9H19N3S. The summed E-state index contributed by atoms with van der Waals surface area (Å²) < 4.78 is 0. The van der Waals surface area contributed by atoms with Crippen LogP contribution < -0.4 is 5.73 Å². The molecule has 1 heterocycles. The summed E-state index contributed by atoms with van der Waals surface area (Å²) in [4.78, 5) is 4.57. The predicted octanol–water partition coefficient (Wildman–Crippen LogP) is 0.646. The van der Waals surface area contributed by atoms with Gasteiger partial charge in [-0.05, 0) is 32.5 Å². The monoisotopic (exact) mass is 201 g/mol. The second-order valence-corrected chi connectivity index (χ2v) is 4.23. The normalized spacial score (nSPS) is 20.4. The Morgan fingerprint density at radius 3 is 2.46 bits per heavy atom. The summed E-state index contributed by atoms with van der Waals surface area (Å²) in [6.07, 6.45) is 1.16. The van der Waals surface area contributed by atoms with Crippen molar-refractivity contribution in [3.63, 3.8) is 0 Å². The maximum absolute atomic E-state index is 5.60. The largest absolute Gasteiger partial charge is 0.376 e. The highest BCUT2D eigenvalue weighted by Gasteiger charge is 2.16. The van der Waals surface area contributed by atoms with Gasteiger partial charge in [0.25, 0.3) is 0 Å². The lowest BCUT2D eigenvalue weighted by Crippen LogP contribution is -2.39. The zero-order valence-electron chi connectivity index (χ0n) is 8.49. The van der Waals surface area contributed by atoms with Crippen molar-refractivity contribution in [3.8, 4) is 0 Å². The smallest absolute Gasteiger partial charge is 0.166 e. The van der Waals surface area contributed by atoms with Crippen molar-refractivity contribution >= 4 is 17.3 Å². The molecule has 1 aliphatic heterocycles. The van der Waals surface area contributed by atoms with Crippen LogP contribution in [0, 0.1) is 0 Å². The van der Waals surface area contributed by atoms with E-state index in [1.54, 1.807) is 0 Å². The molecule has 0 aromatic heterocycles. The van der Waals surface area contributed by atoms with E-state index in [4.69, 9.17) is 18.0 Å². The molecule has 0 amide bonds. The lowest BCUT2D eigenvalue weighted by atomic mass is 10.3. The minimum Gasteiger partial charge on any atom is -0.376 e. The van der Waals surface area contributed by atoms with Crippen molar-refractivity contribution in [1.29, 1.82) is 0 Å². The summed E-state index contributed by atoms with van der Waals surface area (Å²) >= 11 is 4.97. The van der Waals surface area contributed by atoms with Gasteiger partial charge in [0.05, 0.1) is 0 Å². The van der Waals surface area contributed by atoms with Crippen molar-refractivity contribution in [2.45, 2.75) is 26.3 Å². The second-order valence-electron chi connectivity index (χ2n) is 3.81. The number of thiocarbonyl (C=S) groups is 1. The minimum absolute atomic E-state index is 0.547. The highest BCUT2D eigenvalue weighted by Crippen LogP contribution is 2.06. The van der Waals surface area contributed by atoms with Crippen LogP contribution in [0.25, 0.3) is 0 Å². The maximum atomic E-state index is 5.60. The van der Waals surface area contributed by atoms with E-state index in [0.717, 1.165) is 32.6 Å². The van der Waals surface area contributed by atoms with Crippen molar-refractivity contribution in [2.24, 2.45) is 5.73 Å². The summed E-state index contributed by atoms with van der Waals surface area (Å²) in [6, 6.07) is 0.631. The summed E-state index contributed by atoms with van der Waals surface area (Å²) in [5.41, 5.74) is 5.60. The van der Waals surface area contributed by atoms with Gasteiger partial charge in [-0.25, -0.2) is 0 Å². The molecule has 1 fully saturated rings. The van der Waals surface area contributed by atoms with E-state index in [1.807, 2.05) is 0 Å². The van der Waals surface area contributed by atoms with Crippen LogP contribution in [-0.4, -0.2) is 47.1 Å². The van der Waals surface area contributed by atoms with Crippen molar-refractivity contribution in [2.75, 3.05) is 26.2 Å². The van der Waals surface area contributed by atoms with Crippen LogP contribution in [0.15, 0.2) is 0 Å². The Hall–Kier alpha value is -0.350. The molecular weight excluding hydrogens is 182 g/mol. The molecule has 0 atom stereocenters. The molecule has 2 N–H and O–H groups in total. The SMILES string of the molecule is CC(C)N1CCCN(C(N)=S)CC1. The first kappa shape index (κ1) is 10.7. The summed E-state index contributed by atoms with van der Waals surface area (Å²) in [6.45, 7) is 8.70. The number of nitrogens with two attached hydrogens (primary N) is 1. The van der Waals surface area contributed by atoms with E-state index < -0.39 is 0 Å². The van der Waals surface area contributed by atoms with Gasteiger partial charge in [0, 0.05) is 32.2 Å². The van der Waals surface area contributed by atoms with Crippen LogP contribution >= 0.6 is 12.2 Å². The molecule has 1 aliphatic rings. The summed E-state index contributed by atoms with van der Waals surface area (Å²) in [7, 11) is 0. The highest BCUT2D eigenvalue weighted by atomic mass is 32.1. The molecule has 0 aliphatic carbocycles. The molecule has 13 heavy (non-hydrogen) atoms. The Morgan fingerprint density at radius 2 is 1.92 bits per heavy atom. The number of hydrogen-bond donors (Lipinski definition) is 1. The molecule has 0 unspecified atom stereocenters. The Labute approximate surface area is 85.9 Å². The second kappa shape index (κ2) is 4.77. The lowest BCUT2D eigenvalue weighted by molar-refractivity contribution is 0.233. The van der Waals surface area contributed by atoms with Gasteiger partial charge in [0.1, 0.15) is 0 Å². The number of nitrogens with zero attached hydrogens (tertiary/aromatic N) is 2. The fourth-order valence-corrected chi connectivity index (χ4v) is 1.86. The molecule has 4 heteroatoms. The van der Waals surface area contributed by atoms with Crippen LogP contribution in [0.4, 0.5) is 0 Å². The van der Waals surface area contributed by atoms with E-state index in [-0.39, 0.29) is 0 Å². The molecule has 0 radical (unpaired) electrons. The fourth-order valence-electron chi connectivity index (χ4n) is 1.67. The number of rotatable bonds is 1. The molecule has 0 spiro atoms. The average Bonchev–Trinajstić information content (AvgIpc) is 2.27. The van der Waals surface area contributed by atoms with Gasteiger partial charge >= 0.3 is 0 Å². The van der Waals surface area contributed by atoms with Gasteiger partial charge in [-0.2, -0.15) is 0 Å². The van der Waals surface area contributed by atoms with Crippen molar-refractivity contribution in [3.05, 3.63) is 0 Å². The molecule has 76 valence electrons. The molecule has 0 bridgehead atoms. The van der Waals surface area contributed by atoms with Crippen LogP contribution in [0.3, 0.4) is 0 Å². The molecule has 3 nitrogen and oxygen atoms in total. The van der Waals surface area contributed by atoms with Gasteiger partial charge in [-0.15, -0.1) is 0 Å². The molecule has 0 aromatic rings. The quantitative estimate of drug-likeness (QED) is 0.631. The summed E-state index contributed by atoms with van der Waals surface area (Å²) in [5.74, 6) is 0. The third-order valence-corrected chi connectivity index (χ3v) is 2.83. The van der Waals surface area contributed by atoms with Gasteiger partial charge in [-0.3, -0.25) is 4.90 Å².